The number of aromatic nitrogens is 3. The number of carbonyl (C=O) groups is 1. The fourth-order valence-electron chi connectivity index (χ4n) is 2.86. The van der Waals surface area contributed by atoms with Crippen LogP contribution in [0.4, 0.5) is 0 Å². The number of hydrogen-bond acceptors (Lipinski definition) is 3. The SMILES string of the molecule is Cc1cc(C)n(-c2ccc(Cl)c(C(=O)N(C)C(C)c3ccccc3)n2)n1. The molecule has 0 saturated carbocycles. The Morgan fingerprint density at radius 3 is 2.46 bits per heavy atom. The number of benzene rings is 1. The Bertz CT molecular complexity index is 936. The van der Waals surface area contributed by atoms with Gasteiger partial charge in [-0.3, -0.25) is 4.79 Å². The first kappa shape index (κ1) is 18.1. The third-order valence-corrected chi connectivity index (χ3v) is 4.75. The zero-order valence-corrected chi connectivity index (χ0v) is 16.0. The van der Waals surface area contributed by atoms with E-state index in [-0.39, 0.29) is 17.6 Å². The number of carbonyl (C=O) groups excluding carboxylic acids is 1. The van der Waals surface area contributed by atoms with Gasteiger partial charge in [0, 0.05) is 12.7 Å². The maximum absolute atomic E-state index is 13.0. The van der Waals surface area contributed by atoms with Crippen LogP contribution >= 0.6 is 11.6 Å². The molecule has 2 aromatic heterocycles. The molecule has 1 aromatic carbocycles. The van der Waals surface area contributed by atoms with Gasteiger partial charge in [-0.15, -0.1) is 0 Å². The van der Waals surface area contributed by atoms with Gasteiger partial charge in [-0.25, -0.2) is 9.67 Å². The minimum atomic E-state index is -0.227. The maximum Gasteiger partial charge on any atom is 0.274 e. The van der Waals surface area contributed by atoms with E-state index >= 15 is 0 Å². The Balaban J connectivity index is 1.94. The molecule has 0 aliphatic rings. The Hall–Kier alpha value is -2.66. The molecule has 134 valence electrons. The van der Waals surface area contributed by atoms with E-state index in [1.807, 2.05) is 57.2 Å². The Morgan fingerprint density at radius 1 is 1.15 bits per heavy atom. The van der Waals surface area contributed by atoms with E-state index < -0.39 is 0 Å². The molecule has 1 atom stereocenters. The van der Waals surface area contributed by atoms with Gasteiger partial charge in [0.2, 0.25) is 0 Å². The highest BCUT2D eigenvalue weighted by Gasteiger charge is 2.23. The fraction of sp³-hybridized carbons (Fsp3) is 0.250. The normalized spacial score (nSPS) is 12.0. The molecule has 0 aliphatic carbocycles. The molecule has 1 amide bonds. The van der Waals surface area contributed by atoms with Crippen molar-refractivity contribution in [1.82, 2.24) is 19.7 Å². The average molecular weight is 369 g/mol. The molecule has 0 radical (unpaired) electrons. The predicted molar refractivity (Wildman–Crippen MR) is 103 cm³/mol. The summed E-state index contributed by atoms with van der Waals surface area (Å²) in [7, 11) is 1.76. The Kier molecular flexibility index (Phi) is 5.09. The number of halogens is 1. The molecule has 3 rings (SSSR count). The lowest BCUT2D eigenvalue weighted by molar-refractivity contribution is 0.0737. The molecule has 3 aromatic rings. The highest BCUT2D eigenvalue weighted by molar-refractivity contribution is 6.33. The number of hydrogen-bond donors (Lipinski definition) is 0. The second kappa shape index (κ2) is 7.30. The highest BCUT2D eigenvalue weighted by Crippen LogP contribution is 2.24. The second-order valence-electron chi connectivity index (χ2n) is 6.34. The van der Waals surface area contributed by atoms with E-state index in [2.05, 4.69) is 10.1 Å². The van der Waals surface area contributed by atoms with Gasteiger partial charge in [0.25, 0.3) is 5.91 Å². The number of nitrogens with zero attached hydrogens (tertiary/aromatic N) is 4. The van der Waals surface area contributed by atoms with Gasteiger partial charge in [-0.05, 0) is 44.5 Å². The van der Waals surface area contributed by atoms with Crippen molar-refractivity contribution in [3.8, 4) is 5.82 Å². The molecule has 26 heavy (non-hydrogen) atoms. The third kappa shape index (κ3) is 3.48. The van der Waals surface area contributed by atoms with Crippen LogP contribution in [-0.2, 0) is 0 Å². The van der Waals surface area contributed by atoms with E-state index in [0.29, 0.717) is 10.8 Å². The van der Waals surface area contributed by atoms with Crippen LogP contribution in [0.15, 0.2) is 48.5 Å². The molecule has 0 aliphatic heterocycles. The number of aryl methyl sites for hydroxylation is 2. The van der Waals surface area contributed by atoms with Gasteiger partial charge >= 0.3 is 0 Å². The van der Waals surface area contributed by atoms with E-state index in [4.69, 9.17) is 11.6 Å². The summed E-state index contributed by atoms with van der Waals surface area (Å²) < 4.78 is 1.71. The van der Waals surface area contributed by atoms with Crippen LogP contribution in [-0.4, -0.2) is 32.6 Å². The van der Waals surface area contributed by atoms with Crippen LogP contribution in [0.3, 0.4) is 0 Å². The van der Waals surface area contributed by atoms with Gasteiger partial charge in [-0.2, -0.15) is 5.10 Å². The molecular weight excluding hydrogens is 348 g/mol. The topological polar surface area (TPSA) is 51.0 Å². The minimum Gasteiger partial charge on any atom is -0.334 e. The Labute approximate surface area is 158 Å². The van der Waals surface area contributed by atoms with Gasteiger partial charge in [0.05, 0.1) is 16.8 Å². The van der Waals surface area contributed by atoms with E-state index in [1.165, 1.54) is 0 Å². The lowest BCUT2D eigenvalue weighted by atomic mass is 10.1. The molecule has 0 bridgehead atoms. The average Bonchev–Trinajstić information content (AvgIpc) is 2.99. The van der Waals surface area contributed by atoms with Crippen LogP contribution < -0.4 is 0 Å². The van der Waals surface area contributed by atoms with Crippen molar-refractivity contribution in [2.24, 2.45) is 0 Å². The first-order chi connectivity index (χ1) is 12.4. The fourth-order valence-corrected chi connectivity index (χ4v) is 3.04. The van der Waals surface area contributed by atoms with Gasteiger partial charge in [0.1, 0.15) is 5.69 Å². The predicted octanol–water partition coefficient (Wildman–Crippen LogP) is 4.37. The number of amides is 1. The summed E-state index contributed by atoms with van der Waals surface area (Å²) in [6.07, 6.45) is 0. The van der Waals surface area contributed by atoms with E-state index in [9.17, 15) is 4.79 Å². The summed E-state index contributed by atoms with van der Waals surface area (Å²) in [6, 6.07) is 15.2. The van der Waals surface area contributed by atoms with Crippen molar-refractivity contribution in [2.75, 3.05) is 7.05 Å². The monoisotopic (exact) mass is 368 g/mol. The summed E-state index contributed by atoms with van der Waals surface area (Å²) in [5.41, 5.74) is 3.11. The molecule has 0 N–H and O–H groups in total. The molecule has 2 heterocycles. The Morgan fingerprint density at radius 2 is 1.85 bits per heavy atom. The quantitative estimate of drug-likeness (QED) is 0.687. The lowest BCUT2D eigenvalue weighted by Crippen LogP contribution is -2.30. The van der Waals surface area contributed by atoms with Gasteiger partial charge in [-0.1, -0.05) is 41.9 Å². The third-order valence-electron chi connectivity index (χ3n) is 4.44. The molecule has 1 unspecified atom stereocenters. The maximum atomic E-state index is 13.0. The summed E-state index contributed by atoms with van der Waals surface area (Å²) >= 11 is 6.28. The van der Waals surface area contributed by atoms with E-state index in [1.54, 1.807) is 28.8 Å². The summed E-state index contributed by atoms with van der Waals surface area (Å²) in [5.74, 6) is 0.346. The number of pyridine rings is 1. The van der Waals surface area contributed by atoms with Gasteiger partial charge in [0.15, 0.2) is 5.82 Å². The van der Waals surface area contributed by atoms with Crippen molar-refractivity contribution in [2.45, 2.75) is 26.8 Å². The van der Waals surface area contributed by atoms with Crippen molar-refractivity contribution in [3.63, 3.8) is 0 Å². The van der Waals surface area contributed by atoms with Crippen LogP contribution in [0.1, 0.15) is 40.4 Å². The molecular formula is C20H21ClN4O. The lowest BCUT2D eigenvalue weighted by Gasteiger charge is -2.25. The minimum absolute atomic E-state index is 0.0982. The second-order valence-corrected chi connectivity index (χ2v) is 6.75. The molecule has 0 fully saturated rings. The molecule has 5 nitrogen and oxygen atoms in total. The van der Waals surface area contributed by atoms with Crippen molar-refractivity contribution < 1.29 is 4.79 Å². The van der Waals surface area contributed by atoms with Crippen LogP contribution in [0.5, 0.6) is 0 Å². The smallest absolute Gasteiger partial charge is 0.274 e. The molecule has 6 heteroatoms. The number of rotatable bonds is 4. The molecule has 0 saturated heterocycles. The standard InChI is InChI=1S/C20H21ClN4O/c1-13-12-14(2)25(23-13)18-11-10-17(21)19(22-18)20(26)24(4)15(3)16-8-6-5-7-9-16/h5-12,15H,1-4H3. The van der Waals surface area contributed by atoms with Crippen LogP contribution in [0.2, 0.25) is 5.02 Å². The first-order valence-electron chi connectivity index (χ1n) is 8.40. The van der Waals surface area contributed by atoms with Crippen LogP contribution in [0.25, 0.3) is 5.82 Å². The van der Waals surface area contributed by atoms with Crippen molar-refractivity contribution >= 4 is 17.5 Å². The first-order valence-corrected chi connectivity index (χ1v) is 8.78. The van der Waals surface area contributed by atoms with Crippen molar-refractivity contribution in [3.05, 3.63) is 76.2 Å². The zero-order chi connectivity index (χ0) is 18.8. The largest absolute Gasteiger partial charge is 0.334 e. The van der Waals surface area contributed by atoms with Crippen LogP contribution in [0, 0.1) is 13.8 Å². The van der Waals surface area contributed by atoms with E-state index in [0.717, 1.165) is 17.0 Å². The summed E-state index contributed by atoms with van der Waals surface area (Å²) in [5, 5.41) is 4.75. The summed E-state index contributed by atoms with van der Waals surface area (Å²) in [6.45, 7) is 5.84. The highest BCUT2D eigenvalue weighted by atomic mass is 35.5. The zero-order valence-electron chi connectivity index (χ0n) is 15.3. The summed E-state index contributed by atoms with van der Waals surface area (Å²) in [4.78, 5) is 19.1. The van der Waals surface area contributed by atoms with Crippen molar-refractivity contribution in [1.29, 1.82) is 0 Å². The van der Waals surface area contributed by atoms with Gasteiger partial charge < -0.3 is 4.90 Å². The molecule has 0 spiro atoms.